The van der Waals surface area contributed by atoms with Gasteiger partial charge in [0, 0.05) is 19.2 Å². The summed E-state index contributed by atoms with van der Waals surface area (Å²) in [5, 5.41) is 3.84. The molecule has 2 aliphatic heterocycles. The minimum absolute atomic E-state index is 0.0669. The van der Waals surface area contributed by atoms with Crippen molar-refractivity contribution >= 4 is 17.7 Å². The van der Waals surface area contributed by atoms with Gasteiger partial charge in [-0.05, 0) is 37.5 Å². The molecule has 2 aliphatic rings. The van der Waals surface area contributed by atoms with Crippen LogP contribution in [-0.2, 0) is 11.3 Å². The highest BCUT2D eigenvalue weighted by molar-refractivity contribution is 5.94. The molecule has 0 unspecified atom stereocenters. The molecule has 25 heavy (non-hydrogen) atoms. The molecule has 0 saturated carbocycles. The largest absolute Gasteiger partial charge is 0.447 e. The zero-order chi connectivity index (χ0) is 17.6. The van der Waals surface area contributed by atoms with Crippen molar-refractivity contribution in [1.29, 1.82) is 0 Å². The Morgan fingerprint density at radius 1 is 1.28 bits per heavy atom. The minimum Gasteiger partial charge on any atom is -0.447 e. The first-order valence-electron chi connectivity index (χ1n) is 8.31. The van der Waals surface area contributed by atoms with Crippen LogP contribution < -0.4 is 4.90 Å². The van der Waals surface area contributed by atoms with Crippen LogP contribution in [0.5, 0.6) is 0 Å². The van der Waals surface area contributed by atoms with Crippen LogP contribution in [0.25, 0.3) is 0 Å². The second-order valence-electron chi connectivity index (χ2n) is 6.57. The van der Waals surface area contributed by atoms with E-state index in [2.05, 4.69) is 5.16 Å². The van der Waals surface area contributed by atoms with Crippen LogP contribution in [0.15, 0.2) is 28.8 Å². The molecule has 0 spiro atoms. The van der Waals surface area contributed by atoms with Crippen molar-refractivity contribution in [2.45, 2.75) is 32.9 Å². The summed E-state index contributed by atoms with van der Waals surface area (Å²) in [6, 6.07) is 7.50. The van der Waals surface area contributed by atoms with E-state index in [-0.39, 0.29) is 18.0 Å². The number of ether oxygens (including phenoxy) is 1. The number of cyclic esters (lactones) is 1. The van der Waals surface area contributed by atoms with E-state index < -0.39 is 0 Å². The van der Waals surface area contributed by atoms with E-state index in [9.17, 15) is 9.59 Å². The fourth-order valence-electron chi connectivity index (χ4n) is 3.39. The van der Waals surface area contributed by atoms with Crippen molar-refractivity contribution in [3.63, 3.8) is 0 Å². The van der Waals surface area contributed by atoms with Crippen LogP contribution in [0.4, 0.5) is 10.5 Å². The predicted octanol–water partition coefficient (Wildman–Crippen LogP) is 2.66. The van der Waals surface area contributed by atoms with Gasteiger partial charge in [-0.25, -0.2) is 4.79 Å². The summed E-state index contributed by atoms with van der Waals surface area (Å²) in [4.78, 5) is 28.5. The molecule has 3 heterocycles. The molecule has 1 saturated heterocycles. The molecule has 1 fully saturated rings. The van der Waals surface area contributed by atoms with Gasteiger partial charge < -0.3 is 14.2 Å². The first-order valence-corrected chi connectivity index (χ1v) is 8.31. The molecule has 4 rings (SSSR count). The molecule has 2 aromatic rings. The number of hydrogen-bond donors (Lipinski definition) is 0. The Morgan fingerprint density at radius 2 is 2.12 bits per heavy atom. The van der Waals surface area contributed by atoms with Gasteiger partial charge in [-0.3, -0.25) is 9.69 Å². The van der Waals surface area contributed by atoms with Crippen molar-refractivity contribution < 1.29 is 18.8 Å². The molecule has 0 aliphatic carbocycles. The van der Waals surface area contributed by atoms with E-state index >= 15 is 0 Å². The molecule has 1 aromatic carbocycles. The normalized spacial score (nSPS) is 19.8. The average Bonchev–Trinajstić information content (AvgIpc) is 3.16. The number of aromatic nitrogens is 1. The van der Waals surface area contributed by atoms with E-state index in [1.54, 1.807) is 22.8 Å². The van der Waals surface area contributed by atoms with Crippen LogP contribution in [0.1, 0.15) is 33.8 Å². The number of carbonyl (C=O) groups is 2. The quantitative estimate of drug-likeness (QED) is 0.797. The Morgan fingerprint density at radius 3 is 2.88 bits per heavy atom. The lowest BCUT2D eigenvalue weighted by Gasteiger charge is -2.32. The summed E-state index contributed by atoms with van der Waals surface area (Å²) in [6.45, 7) is 5.02. The third-order valence-corrected chi connectivity index (χ3v) is 4.69. The fourth-order valence-corrected chi connectivity index (χ4v) is 3.39. The van der Waals surface area contributed by atoms with Crippen LogP contribution in [0.3, 0.4) is 0 Å². The highest BCUT2D eigenvalue weighted by Crippen LogP contribution is 2.32. The number of nitrogens with zero attached hydrogens (tertiary/aromatic N) is 3. The van der Waals surface area contributed by atoms with E-state index in [0.717, 1.165) is 16.8 Å². The second kappa shape index (κ2) is 5.91. The predicted molar refractivity (Wildman–Crippen MR) is 89.4 cm³/mol. The maximum Gasteiger partial charge on any atom is 0.414 e. The van der Waals surface area contributed by atoms with Crippen LogP contribution >= 0.6 is 0 Å². The van der Waals surface area contributed by atoms with E-state index in [4.69, 9.17) is 9.26 Å². The van der Waals surface area contributed by atoms with Gasteiger partial charge in [0.2, 0.25) is 0 Å². The molecule has 7 heteroatoms. The van der Waals surface area contributed by atoms with Crippen LogP contribution in [0.2, 0.25) is 0 Å². The molecule has 0 radical (unpaired) electrons. The summed E-state index contributed by atoms with van der Waals surface area (Å²) in [5.74, 6) is 0.439. The molecule has 2 amide bonds. The number of benzene rings is 1. The highest BCUT2D eigenvalue weighted by Gasteiger charge is 2.38. The number of anilines is 1. The Hall–Kier alpha value is -2.83. The third-order valence-electron chi connectivity index (χ3n) is 4.69. The Balaban J connectivity index is 1.71. The van der Waals surface area contributed by atoms with Crippen molar-refractivity contribution in [3.8, 4) is 0 Å². The van der Waals surface area contributed by atoms with Gasteiger partial charge in [0.05, 0.1) is 11.7 Å². The van der Waals surface area contributed by atoms with Gasteiger partial charge in [0.25, 0.3) is 5.91 Å². The summed E-state index contributed by atoms with van der Waals surface area (Å²) in [6.07, 6.45) is 0.338. The summed E-state index contributed by atoms with van der Waals surface area (Å²) in [5.41, 5.74) is 3.11. The number of fused-ring (bicyclic) bond motifs is 3. The number of hydrogen-bond acceptors (Lipinski definition) is 5. The lowest BCUT2D eigenvalue weighted by atomic mass is 10.0. The average molecular weight is 341 g/mol. The number of amides is 2. The van der Waals surface area contributed by atoms with Gasteiger partial charge in [-0.1, -0.05) is 17.3 Å². The molecule has 0 N–H and O–H groups in total. The Bertz CT molecular complexity index is 845. The van der Waals surface area contributed by atoms with E-state index in [0.29, 0.717) is 37.6 Å². The number of carbonyl (C=O) groups excluding carboxylic acids is 2. The van der Waals surface area contributed by atoms with Crippen molar-refractivity contribution in [2.75, 3.05) is 18.1 Å². The fraction of sp³-hybridized carbons (Fsp3) is 0.389. The zero-order valence-electron chi connectivity index (χ0n) is 14.2. The minimum atomic E-state index is -0.316. The lowest BCUT2D eigenvalue weighted by molar-refractivity contribution is 0.0724. The molecule has 130 valence electrons. The maximum absolute atomic E-state index is 12.8. The molecule has 1 atom stereocenters. The third kappa shape index (κ3) is 2.75. The van der Waals surface area contributed by atoms with Gasteiger partial charge >= 0.3 is 6.09 Å². The van der Waals surface area contributed by atoms with Crippen LogP contribution in [-0.4, -0.2) is 41.3 Å². The maximum atomic E-state index is 12.8. The molecular formula is C18H19N3O4. The van der Waals surface area contributed by atoms with E-state index in [1.165, 1.54) is 0 Å². The lowest BCUT2D eigenvalue weighted by Crippen LogP contribution is -2.42. The zero-order valence-corrected chi connectivity index (χ0v) is 14.2. The first-order chi connectivity index (χ1) is 12.0. The van der Waals surface area contributed by atoms with Crippen molar-refractivity contribution in [2.24, 2.45) is 0 Å². The van der Waals surface area contributed by atoms with Gasteiger partial charge in [-0.2, -0.15) is 0 Å². The summed E-state index contributed by atoms with van der Waals surface area (Å²) in [7, 11) is 0. The molecular weight excluding hydrogens is 322 g/mol. The summed E-state index contributed by atoms with van der Waals surface area (Å²) >= 11 is 0. The standard InChI is InChI=1S/C18H19N3O4/c1-11-3-4-13-9-20(17(22)15-8-12(2)25-19-15)6-5-14-10-24-18(23)21(14)16(13)7-11/h3-4,7-8,14H,5-6,9-10H2,1-2H3/t14-/m0/s1. The number of aryl methyl sites for hydroxylation is 2. The summed E-state index contributed by atoms with van der Waals surface area (Å²) < 4.78 is 10.3. The van der Waals surface area contributed by atoms with Gasteiger partial charge in [0.1, 0.15) is 12.4 Å². The first kappa shape index (κ1) is 15.7. The van der Waals surface area contributed by atoms with Crippen LogP contribution in [0, 0.1) is 13.8 Å². The monoisotopic (exact) mass is 341 g/mol. The molecule has 0 bridgehead atoms. The topological polar surface area (TPSA) is 75.9 Å². The SMILES string of the molecule is Cc1ccc2c(c1)N1C(=O)OC[C@@H]1CCN(C(=O)c1cc(C)on1)C2. The highest BCUT2D eigenvalue weighted by atomic mass is 16.6. The van der Waals surface area contributed by atoms with Crippen molar-refractivity contribution in [3.05, 3.63) is 46.8 Å². The number of rotatable bonds is 1. The van der Waals surface area contributed by atoms with Gasteiger partial charge in [0.15, 0.2) is 5.69 Å². The molecule has 1 aromatic heterocycles. The Labute approximate surface area is 145 Å². The smallest absolute Gasteiger partial charge is 0.414 e. The second-order valence-corrected chi connectivity index (χ2v) is 6.57. The van der Waals surface area contributed by atoms with Crippen molar-refractivity contribution in [1.82, 2.24) is 10.1 Å². The van der Waals surface area contributed by atoms with E-state index in [1.807, 2.05) is 25.1 Å². The van der Waals surface area contributed by atoms with Gasteiger partial charge in [-0.15, -0.1) is 0 Å². The Kier molecular flexibility index (Phi) is 3.71. The molecule has 7 nitrogen and oxygen atoms in total.